The monoisotopic (exact) mass is 420 g/mol. The van der Waals surface area contributed by atoms with Gasteiger partial charge in [0.25, 0.3) is 0 Å². The topological polar surface area (TPSA) is 26.3 Å². The quantitative estimate of drug-likeness (QED) is 0.239. The van der Waals surface area contributed by atoms with Gasteiger partial charge >= 0.3 is 5.97 Å². The number of hydrogen-bond acceptors (Lipinski definition) is 2. The first-order valence-electron chi connectivity index (χ1n) is 12.5. The molecule has 1 atom stereocenters. The Labute approximate surface area is 189 Å². The third-order valence-electron chi connectivity index (χ3n) is 6.42. The number of hydrogen-bond donors (Lipinski definition) is 0. The summed E-state index contributed by atoms with van der Waals surface area (Å²) in [6, 6.07) is 10.9. The van der Waals surface area contributed by atoms with E-state index >= 15 is 0 Å². The molecule has 1 aliphatic carbocycles. The van der Waals surface area contributed by atoms with Crippen LogP contribution in [0.5, 0.6) is 0 Å². The lowest BCUT2D eigenvalue weighted by Gasteiger charge is -2.23. The molecular weight excluding hydrogens is 380 g/mol. The van der Waals surface area contributed by atoms with Gasteiger partial charge < -0.3 is 4.74 Å². The van der Waals surface area contributed by atoms with Gasteiger partial charge in [-0.2, -0.15) is 0 Å². The van der Waals surface area contributed by atoms with Crippen LogP contribution in [0, 0.1) is 5.92 Å². The van der Waals surface area contributed by atoms with E-state index in [1.807, 2.05) is 0 Å². The Morgan fingerprint density at radius 3 is 2.52 bits per heavy atom. The average molecular weight is 421 g/mol. The maximum absolute atomic E-state index is 12.4. The van der Waals surface area contributed by atoms with Crippen LogP contribution in [-0.2, 0) is 16.0 Å². The number of rotatable bonds is 13. The van der Waals surface area contributed by atoms with Crippen molar-refractivity contribution in [3.8, 4) is 0 Å². The second kappa shape index (κ2) is 12.1. The van der Waals surface area contributed by atoms with Crippen LogP contribution in [0.1, 0.15) is 108 Å². The molecule has 3 rings (SSSR count). The van der Waals surface area contributed by atoms with Crippen LogP contribution in [-0.4, -0.2) is 5.97 Å². The fourth-order valence-electron chi connectivity index (χ4n) is 4.64. The van der Waals surface area contributed by atoms with E-state index in [1.165, 1.54) is 66.8 Å². The summed E-state index contributed by atoms with van der Waals surface area (Å²) in [4.78, 5) is 12.4. The van der Waals surface area contributed by atoms with Gasteiger partial charge in [-0.25, -0.2) is 0 Å². The van der Waals surface area contributed by atoms with Gasteiger partial charge in [0.15, 0.2) is 0 Å². The molecule has 0 N–H and O–H groups in total. The highest BCUT2D eigenvalue weighted by Crippen LogP contribution is 2.37. The minimum absolute atomic E-state index is 0.0880. The van der Waals surface area contributed by atoms with Crippen LogP contribution >= 0.6 is 0 Å². The number of carbonyl (C=O) groups is 1. The number of ether oxygens (including phenoxy) is 1. The third kappa shape index (κ3) is 6.69. The maximum Gasteiger partial charge on any atom is 0.306 e. The molecule has 0 saturated carbocycles. The van der Waals surface area contributed by atoms with Crippen molar-refractivity contribution in [3.05, 3.63) is 53.1 Å². The smallest absolute Gasteiger partial charge is 0.306 e. The normalized spacial score (nSPS) is 15.0. The Morgan fingerprint density at radius 2 is 1.74 bits per heavy atom. The van der Waals surface area contributed by atoms with Gasteiger partial charge in [0.2, 0.25) is 0 Å². The molecule has 2 nitrogen and oxygen atoms in total. The fraction of sp³-hybridized carbons (Fsp3) is 0.552. The van der Waals surface area contributed by atoms with E-state index in [4.69, 9.17) is 4.74 Å². The summed E-state index contributed by atoms with van der Waals surface area (Å²) in [5.41, 5.74) is 3.88. The second-order valence-electron chi connectivity index (χ2n) is 9.51. The van der Waals surface area contributed by atoms with Crippen molar-refractivity contribution in [1.82, 2.24) is 0 Å². The zero-order valence-electron chi connectivity index (χ0n) is 19.8. The van der Waals surface area contributed by atoms with Crippen molar-refractivity contribution < 1.29 is 9.53 Å². The zero-order chi connectivity index (χ0) is 22.1. The predicted molar refractivity (Wildman–Crippen MR) is 132 cm³/mol. The molecule has 0 radical (unpaired) electrons. The molecule has 0 heterocycles. The molecule has 0 aromatic heterocycles. The van der Waals surface area contributed by atoms with Gasteiger partial charge in [-0.05, 0) is 53.2 Å². The molecule has 0 bridgehead atoms. The summed E-state index contributed by atoms with van der Waals surface area (Å²) >= 11 is 0. The van der Waals surface area contributed by atoms with E-state index in [-0.39, 0.29) is 12.1 Å². The number of benzene rings is 2. The molecule has 1 unspecified atom stereocenters. The molecule has 0 amide bonds. The van der Waals surface area contributed by atoms with Crippen molar-refractivity contribution in [2.75, 3.05) is 0 Å². The Balaban J connectivity index is 1.65. The standard InChI is InChI=1S/C29H40O2/c1-4-5-6-7-8-9-10-14-23-18-19-24-15-12-16-26-27(21-20-25(23)29(24)26)31-28(30)17-11-13-22(2)3/h12,15-16,18-22,27H,4-11,13-14,17H2,1-3H3. The van der Waals surface area contributed by atoms with Crippen LogP contribution in [0.15, 0.2) is 36.4 Å². The van der Waals surface area contributed by atoms with Crippen LogP contribution < -0.4 is 0 Å². The lowest BCUT2D eigenvalue weighted by Crippen LogP contribution is -2.12. The minimum Gasteiger partial charge on any atom is -0.453 e. The summed E-state index contributed by atoms with van der Waals surface area (Å²) in [7, 11) is 0. The van der Waals surface area contributed by atoms with Crippen molar-refractivity contribution in [2.45, 2.75) is 97.5 Å². The molecule has 2 heteroatoms. The van der Waals surface area contributed by atoms with E-state index in [1.54, 1.807) is 0 Å². The third-order valence-corrected chi connectivity index (χ3v) is 6.42. The molecule has 1 aliphatic rings. The Bertz CT molecular complexity index is 878. The summed E-state index contributed by atoms with van der Waals surface area (Å²) < 4.78 is 5.88. The van der Waals surface area contributed by atoms with Crippen LogP contribution in [0.3, 0.4) is 0 Å². The molecule has 0 fully saturated rings. The highest BCUT2D eigenvalue weighted by molar-refractivity contribution is 5.97. The molecule has 0 saturated heterocycles. The van der Waals surface area contributed by atoms with Gasteiger partial charge in [-0.1, -0.05) is 102 Å². The summed E-state index contributed by atoms with van der Waals surface area (Å²) in [5.74, 6) is 0.535. The Kier molecular flexibility index (Phi) is 9.18. The zero-order valence-corrected chi connectivity index (χ0v) is 19.8. The van der Waals surface area contributed by atoms with Gasteiger partial charge in [-0.3, -0.25) is 4.79 Å². The predicted octanol–water partition coefficient (Wildman–Crippen LogP) is 8.57. The van der Waals surface area contributed by atoms with Crippen LogP contribution in [0.25, 0.3) is 16.8 Å². The Hall–Kier alpha value is -2.09. The highest BCUT2D eigenvalue weighted by atomic mass is 16.5. The molecular formula is C29H40O2. The molecule has 2 aromatic rings. The number of aryl methyl sites for hydroxylation is 1. The van der Waals surface area contributed by atoms with Gasteiger partial charge in [0.1, 0.15) is 6.10 Å². The van der Waals surface area contributed by atoms with E-state index in [9.17, 15) is 4.79 Å². The Morgan fingerprint density at radius 1 is 0.968 bits per heavy atom. The molecule has 0 aliphatic heterocycles. The van der Waals surface area contributed by atoms with Gasteiger partial charge in [0.05, 0.1) is 0 Å². The number of carbonyl (C=O) groups excluding carboxylic acids is 1. The summed E-state index contributed by atoms with van der Waals surface area (Å²) in [6.07, 6.45) is 16.9. The van der Waals surface area contributed by atoms with Gasteiger partial charge in [-0.15, -0.1) is 0 Å². The van der Waals surface area contributed by atoms with Crippen molar-refractivity contribution in [3.63, 3.8) is 0 Å². The van der Waals surface area contributed by atoms with Gasteiger partial charge in [0, 0.05) is 12.0 Å². The lowest BCUT2D eigenvalue weighted by molar-refractivity contribution is -0.147. The minimum atomic E-state index is -0.267. The second-order valence-corrected chi connectivity index (χ2v) is 9.51. The summed E-state index contributed by atoms with van der Waals surface area (Å²) in [5, 5.41) is 2.51. The molecule has 0 spiro atoms. The van der Waals surface area contributed by atoms with E-state index in [0.717, 1.165) is 24.8 Å². The molecule has 2 aromatic carbocycles. The fourth-order valence-corrected chi connectivity index (χ4v) is 4.64. The number of esters is 1. The van der Waals surface area contributed by atoms with E-state index in [0.29, 0.717) is 12.3 Å². The first-order valence-corrected chi connectivity index (χ1v) is 12.5. The first-order chi connectivity index (χ1) is 15.1. The largest absolute Gasteiger partial charge is 0.453 e. The average Bonchev–Trinajstić information content (AvgIpc) is 2.75. The van der Waals surface area contributed by atoms with Crippen LogP contribution in [0.4, 0.5) is 0 Å². The van der Waals surface area contributed by atoms with E-state index < -0.39 is 0 Å². The van der Waals surface area contributed by atoms with Crippen LogP contribution in [0.2, 0.25) is 0 Å². The first kappa shape index (κ1) is 23.6. The summed E-state index contributed by atoms with van der Waals surface area (Å²) in [6.45, 7) is 6.65. The molecule has 31 heavy (non-hydrogen) atoms. The van der Waals surface area contributed by atoms with Crippen molar-refractivity contribution in [2.24, 2.45) is 5.92 Å². The maximum atomic E-state index is 12.4. The van der Waals surface area contributed by atoms with Crippen molar-refractivity contribution in [1.29, 1.82) is 0 Å². The lowest BCUT2D eigenvalue weighted by atomic mass is 9.87. The van der Waals surface area contributed by atoms with E-state index in [2.05, 4.69) is 63.3 Å². The SMILES string of the molecule is CCCCCCCCCc1ccc2cccc3c2c1C=CC3OC(=O)CCCC(C)C. The highest BCUT2D eigenvalue weighted by Gasteiger charge is 2.22. The molecule has 168 valence electrons. The van der Waals surface area contributed by atoms with Crippen molar-refractivity contribution >= 4 is 22.8 Å². The number of unbranched alkanes of at least 4 members (excludes halogenated alkanes) is 6.